The third-order valence-electron chi connectivity index (χ3n) is 6.54. The molecule has 0 radical (unpaired) electrons. The maximum absolute atomic E-state index is 14.5. The topological polar surface area (TPSA) is 71.0 Å². The number of anilines is 1. The summed E-state index contributed by atoms with van der Waals surface area (Å²) in [6.07, 6.45) is 7.29. The molecule has 1 aliphatic rings. The second-order valence-corrected chi connectivity index (χ2v) is 12.0. The van der Waals surface area contributed by atoms with Crippen LogP contribution in [-0.4, -0.2) is 40.6 Å². The minimum absolute atomic E-state index is 0. The molecule has 0 saturated heterocycles. The number of amides is 1. The number of benzene rings is 1. The van der Waals surface area contributed by atoms with Gasteiger partial charge in [-0.05, 0) is 68.2 Å². The van der Waals surface area contributed by atoms with Crippen molar-refractivity contribution < 1.29 is 9.18 Å². The van der Waals surface area contributed by atoms with Gasteiger partial charge in [0.25, 0.3) is 0 Å². The number of nitrogens with zero attached hydrogens (tertiary/aromatic N) is 2. The second kappa shape index (κ2) is 14.4. The van der Waals surface area contributed by atoms with Crippen molar-refractivity contribution >= 4 is 57.4 Å². The summed E-state index contributed by atoms with van der Waals surface area (Å²) in [5, 5.41) is 10.5. The van der Waals surface area contributed by atoms with Gasteiger partial charge in [0.2, 0.25) is 11.9 Å². The first-order valence-electron chi connectivity index (χ1n) is 12.7. The summed E-state index contributed by atoms with van der Waals surface area (Å²) in [4.78, 5) is 17.8. The van der Waals surface area contributed by atoms with Gasteiger partial charge >= 0.3 is 0 Å². The van der Waals surface area contributed by atoms with Crippen molar-refractivity contribution in [3.63, 3.8) is 0 Å². The summed E-state index contributed by atoms with van der Waals surface area (Å²) < 4.78 is 16.5. The zero-order valence-corrected chi connectivity index (χ0v) is 27.0. The van der Waals surface area contributed by atoms with E-state index in [1.54, 1.807) is 6.20 Å². The van der Waals surface area contributed by atoms with Crippen LogP contribution >= 0.6 is 45.6 Å². The minimum atomic E-state index is -0.380. The van der Waals surface area contributed by atoms with Crippen LogP contribution < -0.4 is 16.0 Å². The second-order valence-electron chi connectivity index (χ2n) is 11.6. The van der Waals surface area contributed by atoms with E-state index in [9.17, 15) is 9.18 Å². The van der Waals surface area contributed by atoms with Gasteiger partial charge in [-0.2, -0.15) is 0 Å². The molecule has 0 aliphatic heterocycles. The fourth-order valence-electron chi connectivity index (χ4n) is 4.70. The van der Waals surface area contributed by atoms with E-state index in [4.69, 9.17) is 11.6 Å². The molecule has 1 heterocycles. The molecule has 2 aromatic rings. The average molecular weight is 668 g/mol. The lowest BCUT2D eigenvalue weighted by Crippen LogP contribution is -2.48. The van der Waals surface area contributed by atoms with Gasteiger partial charge in [0.1, 0.15) is 5.82 Å². The van der Waals surface area contributed by atoms with Crippen LogP contribution in [0.5, 0.6) is 0 Å². The molecule has 1 aromatic heterocycles. The fraction of sp³-hybridized carbons (Fsp3) is 0.630. The maximum atomic E-state index is 14.5. The van der Waals surface area contributed by atoms with E-state index in [-0.39, 0.29) is 68.7 Å². The van der Waals surface area contributed by atoms with E-state index in [1.807, 2.05) is 16.8 Å². The molecule has 1 amide bonds. The monoisotopic (exact) mass is 665 g/mol. The van der Waals surface area contributed by atoms with Crippen LogP contribution in [0.4, 0.5) is 10.3 Å². The Morgan fingerprint density at radius 1 is 1.22 bits per heavy atom. The normalized spacial score (nSPS) is 16.3. The van der Waals surface area contributed by atoms with Crippen LogP contribution in [0.15, 0.2) is 24.5 Å². The molecule has 0 spiro atoms. The summed E-state index contributed by atoms with van der Waals surface area (Å²) in [5.41, 5.74) is 1.59. The van der Waals surface area contributed by atoms with Crippen LogP contribution in [0.2, 0.25) is 5.02 Å². The Morgan fingerprint density at radius 2 is 1.92 bits per heavy atom. The number of rotatable bonds is 10. The predicted molar refractivity (Wildman–Crippen MR) is 162 cm³/mol. The van der Waals surface area contributed by atoms with Gasteiger partial charge in [-0.25, -0.2) is 9.37 Å². The quantitative estimate of drug-likeness (QED) is 0.272. The smallest absolute Gasteiger partial charge is 0.243 e. The third kappa shape index (κ3) is 9.60. The standard InChI is InChI=1S/C27H41ClFN5O.2BrH/c1-7-8-23(32-20-10-9-18-13-19(28)14-22(29)21(18)15-20)24(35)33-25-31-11-12-34(25)27(5,6)17-30-16-26(2,3)4;;/h11-14,20,23,30,32H,7-10,15-17H2,1-6H3,(H,31,33,35);2*1H/t20-,23-;;/m0../s1. The molecule has 3 N–H and O–H groups in total. The number of imidazole rings is 1. The molecule has 37 heavy (non-hydrogen) atoms. The summed E-state index contributed by atoms with van der Waals surface area (Å²) in [6, 6.07) is 2.87. The molecular weight excluding hydrogens is 625 g/mol. The molecule has 1 aliphatic carbocycles. The van der Waals surface area contributed by atoms with E-state index < -0.39 is 0 Å². The van der Waals surface area contributed by atoms with Crippen molar-refractivity contribution in [1.29, 1.82) is 0 Å². The lowest BCUT2D eigenvalue weighted by Gasteiger charge is -2.32. The van der Waals surface area contributed by atoms with Crippen LogP contribution in [0.3, 0.4) is 0 Å². The van der Waals surface area contributed by atoms with Gasteiger partial charge in [-0.1, -0.05) is 45.7 Å². The van der Waals surface area contributed by atoms with E-state index in [1.165, 1.54) is 6.07 Å². The molecule has 210 valence electrons. The van der Waals surface area contributed by atoms with Crippen LogP contribution in [-0.2, 0) is 23.2 Å². The maximum Gasteiger partial charge on any atom is 0.243 e. The minimum Gasteiger partial charge on any atom is -0.314 e. The molecule has 10 heteroatoms. The van der Waals surface area contributed by atoms with Crippen LogP contribution in [0.1, 0.15) is 71.9 Å². The van der Waals surface area contributed by atoms with Gasteiger partial charge in [0, 0.05) is 36.5 Å². The molecule has 1 aromatic carbocycles. The lowest BCUT2D eigenvalue weighted by atomic mass is 9.87. The number of nitrogens with one attached hydrogen (secondary N) is 3. The highest BCUT2D eigenvalue weighted by molar-refractivity contribution is 8.93. The van der Waals surface area contributed by atoms with E-state index >= 15 is 0 Å². The van der Waals surface area contributed by atoms with Crippen LogP contribution in [0.25, 0.3) is 0 Å². The van der Waals surface area contributed by atoms with Crippen molar-refractivity contribution in [3.8, 4) is 0 Å². The van der Waals surface area contributed by atoms with Crippen molar-refractivity contribution in [2.75, 3.05) is 18.4 Å². The highest BCUT2D eigenvalue weighted by Gasteiger charge is 2.29. The van der Waals surface area contributed by atoms with Crippen molar-refractivity contribution in [1.82, 2.24) is 20.2 Å². The van der Waals surface area contributed by atoms with Gasteiger partial charge in [-0.3, -0.25) is 10.1 Å². The Bertz CT molecular complexity index is 1020. The fourth-order valence-corrected chi connectivity index (χ4v) is 4.93. The molecule has 2 atom stereocenters. The van der Waals surface area contributed by atoms with Gasteiger partial charge in [-0.15, -0.1) is 34.0 Å². The molecule has 0 unspecified atom stereocenters. The van der Waals surface area contributed by atoms with Gasteiger partial charge < -0.3 is 15.2 Å². The molecule has 6 nitrogen and oxygen atoms in total. The summed E-state index contributed by atoms with van der Waals surface area (Å²) >= 11 is 6.03. The number of fused-ring (bicyclic) bond motifs is 1. The zero-order chi connectivity index (χ0) is 25.8. The van der Waals surface area contributed by atoms with Crippen molar-refractivity contribution in [2.45, 2.75) is 91.3 Å². The summed E-state index contributed by atoms with van der Waals surface area (Å²) in [6.45, 7) is 14.6. The Hall–Kier alpha value is -1.00. The largest absolute Gasteiger partial charge is 0.314 e. The van der Waals surface area contributed by atoms with E-state index in [0.29, 0.717) is 29.4 Å². The average Bonchev–Trinajstić information content (AvgIpc) is 3.22. The molecule has 0 bridgehead atoms. The number of hydrogen-bond donors (Lipinski definition) is 3. The van der Waals surface area contributed by atoms with Crippen LogP contribution in [0, 0.1) is 11.2 Å². The summed E-state index contributed by atoms with van der Waals surface area (Å²) in [7, 11) is 0. The molecule has 0 fully saturated rings. The van der Waals surface area contributed by atoms with Gasteiger partial charge in [0.05, 0.1) is 11.6 Å². The number of carbonyl (C=O) groups excluding carboxylic acids is 1. The molecule has 0 saturated carbocycles. The number of aryl methyl sites for hydroxylation is 1. The van der Waals surface area contributed by atoms with E-state index in [2.05, 4.69) is 62.5 Å². The number of halogens is 4. The Balaban J connectivity index is 0.00000342. The first kappa shape index (κ1) is 34.0. The van der Waals surface area contributed by atoms with Crippen molar-refractivity contribution in [3.05, 3.63) is 46.5 Å². The predicted octanol–water partition coefficient (Wildman–Crippen LogP) is 6.46. The Morgan fingerprint density at radius 3 is 2.57 bits per heavy atom. The molecule has 3 rings (SSSR count). The highest BCUT2D eigenvalue weighted by Crippen LogP contribution is 2.28. The Kier molecular flexibility index (Phi) is 13.2. The summed E-state index contributed by atoms with van der Waals surface area (Å²) in [5.74, 6) is 0.162. The van der Waals surface area contributed by atoms with Crippen molar-refractivity contribution in [2.24, 2.45) is 5.41 Å². The lowest BCUT2D eigenvalue weighted by molar-refractivity contribution is -0.118. The van der Waals surface area contributed by atoms with E-state index in [0.717, 1.165) is 37.9 Å². The first-order valence-corrected chi connectivity index (χ1v) is 13.1. The zero-order valence-electron chi connectivity index (χ0n) is 22.8. The number of carbonyl (C=O) groups is 1. The number of aromatic nitrogens is 2. The molecular formula is C27H43Br2ClFN5O. The SMILES string of the molecule is Br.Br.CCC[C@H](N[C@H]1CCc2cc(Cl)cc(F)c2C1)C(=O)Nc1nccn1C(C)(C)CNCC(C)(C)C. The van der Waals surface area contributed by atoms with Gasteiger partial charge in [0.15, 0.2) is 0 Å². The third-order valence-corrected chi connectivity index (χ3v) is 6.76. The first-order chi connectivity index (χ1) is 16.4. The Labute approximate surface area is 247 Å². The number of hydrogen-bond acceptors (Lipinski definition) is 4. The highest BCUT2D eigenvalue weighted by atomic mass is 79.9.